The Hall–Kier alpha value is -3.12. The molecule has 27 heavy (non-hydrogen) atoms. The molecule has 2 aromatic carbocycles. The zero-order valence-corrected chi connectivity index (χ0v) is 15.8. The van der Waals surface area contributed by atoms with Gasteiger partial charge in [0.05, 0.1) is 19.4 Å². The van der Waals surface area contributed by atoms with Crippen LogP contribution in [0.5, 0.6) is 11.5 Å². The molecular weight excluding hydrogens is 360 g/mol. The molecule has 6 heteroatoms. The molecule has 2 heterocycles. The monoisotopic (exact) mass is 378 g/mol. The molecule has 0 radical (unpaired) electrons. The highest BCUT2D eigenvalue weighted by molar-refractivity contribution is 7.15. The van der Waals surface area contributed by atoms with E-state index in [0.29, 0.717) is 23.7 Å². The lowest BCUT2D eigenvalue weighted by Crippen LogP contribution is -1.96. The van der Waals surface area contributed by atoms with Gasteiger partial charge in [0.2, 0.25) is 0 Å². The van der Waals surface area contributed by atoms with E-state index < -0.39 is 0 Å². The maximum absolute atomic E-state index is 12.0. The standard InChI is InChI=1S/C21H18N2O3S/c1-3-26-15-10-8-14(9-11-15)18-13-27-21-22-20(17(12-24)23(18)21)16-6-4-5-7-19(16)25-2/h4-13H,3H2,1-2H3. The number of imidazole rings is 1. The van der Waals surface area contributed by atoms with Crippen LogP contribution in [-0.4, -0.2) is 29.4 Å². The summed E-state index contributed by atoms with van der Waals surface area (Å²) in [4.78, 5) is 17.4. The summed E-state index contributed by atoms with van der Waals surface area (Å²) in [7, 11) is 1.61. The molecule has 2 aromatic heterocycles. The zero-order chi connectivity index (χ0) is 18.8. The molecule has 0 saturated carbocycles. The second kappa shape index (κ2) is 7.25. The molecule has 0 N–H and O–H groups in total. The number of methoxy groups -OCH3 is 1. The average Bonchev–Trinajstić information content (AvgIpc) is 3.28. The van der Waals surface area contributed by atoms with Gasteiger partial charge in [0.1, 0.15) is 22.9 Å². The Morgan fingerprint density at radius 1 is 1.15 bits per heavy atom. The van der Waals surface area contributed by atoms with E-state index in [4.69, 9.17) is 14.5 Å². The first-order chi connectivity index (χ1) is 13.3. The van der Waals surface area contributed by atoms with Crippen LogP contribution in [-0.2, 0) is 0 Å². The van der Waals surface area contributed by atoms with Crippen molar-refractivity contribution in [3.8, 4) is 34.0 Å². The number of ether oxygens (including phenoxy) is 2. The molecule has 0 aliphatic heterocycles. The maximum atomic E-state index is 12.0. The zero-order valence-electron chi connectivity index (χ0n) is 15.0. The van der Waals surface area contributed by atoms with Gasteiger partial charge in [0.15, 0.2) is 11.2 Å². The third-order valence-corrected chi connectivity index (χ3v) is 5.16. The van der Waals surface area contributed by atoms with E-state index in [1.807, 2.05) is 65.2 Å². The van der Waals surface area contributed by atoms with Crippen LogP contribution in [0.15, 0.2) is 53.9 Å². The van der Waals surface area contributed by atoms with Crippen molar-refractivity contribution in [2.75, 3.05) is 13.7 Å². The van der Waals surface area contributed by atoms with Crippen LogP contribution < -0.4 is 9.47 Å². The summed E-state index contributed by atoms with van der Waals surface area (Å²) < 4.78 is 12.9. The van der Waals surface area contributed by atoms with E-state index in [0.717, 1.165) is 33.8 Å². The van der Waals surface area contributed by atoms with Crippen molar-refractivity contribution in [1.82, 2.24) is 9.38 Å². The number of thiazole rings is 1. The Morgan fingerprint density at radius 3 is 2.63 bits per heavy atom. The Labute approximate surface area is 160 Å². The number of fused-ring (bicyclic) bond motifs is 1. The van der Waals surface area contributed by atoms with Crippen LogP contribution in [0.4, 0.5) is 0 Å². The SMILES string of the molecule is CCOc1ccc(-c2csc3nc(-c4ccccc4OC)c(C=O)n23)cc1. The highest BCUT2D eigenvalue weighted by Gasteiger charge is 2.20. The summed E-state index contributed by atoms with van der Waals surface area (Å²) in [6, 6.07) is 15.4. The largest absolute Gasteiger partial charge is 0.496 e. The number of benzene rings is 2. The highest BCUT2D eigenvalue weighted by atomic mass is 32.1. The van der Waals surface area contributed by atoms with Crippen molar-refractivity contribution in [2.24, 2.45) is 0 Å². The van der Waals surface area contributed by atoms with Crippen molar-refractivity contribution in [1.29, 1.82) is 0 Å². The predicted octanol–water partition coefficient (Wildman–Crippen LogP) is 4.95. The number of hydrogen-bond acceptors (Lipinski definition) is 5. The lowest BCUT2D eigenvalue weighted by Gasteiger charge is -2.07. The Bertz CT molecular complexity index is 1100. The molecule has 0 fully saturated rings. The topological polar surface area (TPSA) is 52.8 Å². The van der Waals surface area contributed by atoms with Gasteiger partial charge in [0.25, 0.3) is 0 Å². The van der Waals surface area contributed by atoms with Gasteiger partial charge in [-0.15, -0.1) is 11.3 Å². The van der Waals surface area contributed by atoms with E-state index in [-0.39, 0.29) is 0 Å². The number of nitrogens with zero attached hydrogens (tertiary/aromatic N) is 2. The number of rotatable bonds is 6. The van der Waals surface area contributed by atoms with Crippen LogP contribution in [0.2, 0.25) is 0 Å². The minimum absolute atomic E-state index is 0.514. The van der Waals surface area contributed by atoms with Gasteiger partial charge in [-0.1, -0.05) is 12.1 Å². The fourth-order valence-corrected chi connectivity index (χ4v) is 4.02. The predicted molar refractivity (Wildman–Crippen MR) is 107 cm³/mol. The van der Waals surface area contributed by atoms with Gasteiger partial charge >= 0.3 is 0 Å². The third-order valence-electron chi connectivity index (χ3n) is 4.33. The van der Waals surface area contributed by atoms with E-state index in [2.05, 4.69) is 0 Å². The first kappa shape index (κ1) is 17.3. The number of para-hydroxylation sites is 1. The van der Waals surface area contributed by atoms with Crippen LogP contribution >= 0.6 is 11.3 Å². The van der Waals surface area contributed by atoms with E-state index in [9.17, 15) is 4.79 Å². The van der Waals surface area contributed by atoms with Crippen LogP contribution in [0.3, 0.4) is 0 Å². The summed E-state index contributed by atoms with van der Waals surface area (Å²) in [6.07, 6.45) is 0.854. The molecule has 4 rings (SSSR count). The smallest absolute Gasteiger partial charge is 0.195 e. The maximum Gasteiger partial charge on any atom is 0.195 e. The molecule has 0 aliphatic carbocycles. The van der Waals surface area contributed by atoms with Crippen LogP contribution in [0.1, 0.15) is 17.4 Å². The molecule has 0 amide bonds. The fraction of sp³-hybridized carbons (Fsp3) is 0.143. The third kappa shape index (κ3) is 2.98. The van der Waals surface area contributed by atoms with Crippen molar-refractivity contribution in [3.05, 3.63) is 59.6 Å². The molecule has 4 aromatic rings. The molecular formula is C21H18N2O3S. The van der Waals surface area contributed by atoms with E-state index in [1.165, 1.54) is 11.3 Å². The molecule has 0 spiro atoms. The van der Waals surface area contributed by atoms with Gasteiger partial charge in [-0.05, 0) is 48.9 Å². The minimum Gasteiger partial charge on any atom is -0.496 e. The molecule has 0 aliphatic rings. The molecule has 0 saturated heterocycles. The van der Waals surface area contributed by atoms with Crippen LogP contribution in [0.25, 0.3) is 27.5 Å². The van der Waals surface area contributed by atoms with Gasteiger partial charge in [-0.3, -0.25) is 9.20 Å². The Kier molecular flexibility index (Phi) is 4.64. The number of aldehydes is 1. The lowest BCUT2D eigenvalue weighted by molar-refractivity contribution is 0.111. The van der Waals surface area contributed by atoms with Crippen molar-refractivity contribution >= 4 is 22.6 Å². The number of carbonyl (C=O) groups excluding carboxylic acids is 1. The highest BCUT2D eigenvalue weighted by Crippen LogP contribution is 2.36. The fourth-order valence-electron chi connectivity index (χ4n) is 3.12. The summed E-state index contributed by atoms with van der Waals surface area (Å²) in [5.74, 6) is 1.51. The van der Waals surface area contributed by atoms with E-state index >= 15 is 0 Å². The number of hydrogen-bond donors (Lipinski definition) is 0. The quantitative estimate of drug-likeness (QED) is 0.446. The van der Waals surface area contributed by atoms with Gasteiger partial charge in [-0.2, -0.15) is 0 Å². The number of carbonyl (C=O) groups is 1. The summed E-state index contributed by atoms with van der Waals surface area (Å²) in [5, 5.41) is 2.01. The molecule has 136 valence electrons. The molecule has 0 bridgehead atoms. The Balaban J connectivity index is 1.87. The van der Waals surface area contributed by atoms with Gasteiger partial charge < -0.3 is 9.47 Å². The van der Waals surface area contributed by atoms with Gasteiger partial charge in [-0.25, -0.2) is 4.98 Å². The molecule has 0 unspecified atom stereocenters. The average molecular weight is 378 g/mol. The van der Waals surface area contributed by atoms with Crippen molar-refractivity contribution in [3.63, 3.8) is 0 Å². The van der Waals surface area contributed by atoms with Crippen molar-refractivity contribution < 1.29 is 14.3 Å². The second-order valence-electron chi connectivity index (χ2n) is 5.86. The number of aromatic nitrogens is 2. The normalized spacial score (nSPS) is 10.9. The van der Waals surface area contributed by atoms with E-state index in [1.54, 1.807) is 7.11 Å². The summed E-state index contributed by atoms with van der Waals surface area (Å²) in [5.41, 5.74) is 3.86. The lowest BCUT2D eigenvalue weighted by atomic mass is 10.1. The second-order valence-corrected chi connectivity index (χ2v) is 6.70. The minimum atomic E-state index is 0.514. The molecule has 0 atom stereocenters. The van der Waals surface area contributed by atoms with Crippen LogP contribution in [0, 0.1) is 0 Å². The summed E-state index contributed by atoms with van der Waals surface area (Å²) in [6.45, 7) is 2.58. The first-order valence-corrected chi connectivity index (χ1v) is 9.46. The first-order valence-electron chi connectivity index (χ1n) is 8.58. The van der Waals surface area contributed by atoms with Gasteiger partial charge in [0, 0.05) is 10.9 Å². The molecule has 5 nitrogen and oxygen atoms in total. The summed E-state index contributed by atoms with van der Waals surface area (Å²) >= 11 is 1.50. The van der Waals surface area contributed by atoms with Crippen molar-refractivity contribution in [2.45, 2.75) is 6.92 Å². The Morgan fingerprint density at radius 2 is 1.93 bits per heavy atom.